The molecule has 1 nitrogen and oxygen atoms in total. The predicted molar refractivity (Wildman–Crippen MR) is 31.3 cm³/mol. The fourth-order valence-corrected chi connectivity index (χ4v) is 0.459. The molecule has 0 aromatic carbocycles. The van der Waals surface area contributed by atoms with Gasteiger partial charge in [0, 0.05) is 0 Å². The van der Waals surface area contributed by atoms with Crippen LogP contribution < -0.4 is 0 Å². The molecule has 0 aliphatic carbocycles. The second-order valence-corrected chi connectivity index (χ2v) is 1.73. The van der Waals surface area contributed by atoms with Gasteiger partial charge in [0.25, 0.3) is 0 Å². The van der Waals surface area contributed by atoms with E-state index in [-0.39, 0.29) is 0 Å². The van der Waals surface area contributed by atoms with E-state index in [0.29, 0.717) is 0 Å². The lowest BCUT2D eigenvalue weighted by Crippen LogP contribution is -1.71. The van der Waals surface area contributed by atoms with Crippen molar-refractivity contribution in [3.05, 3.63) is 11.8 Å². The largest absolute Gasteiger partial charge is 0.516 e. The highest BCUT2D eigenvalue weighted by Crippen LogP contribution is 1.99. The molecule has 0 heterocycles. The van der Waals surface area contributed by atoms with E-state index in [2.05, 4.69) is 6.92 Å². The first kappa shape index (κ1) is 6.54. The Hall–Kier alpha value is -0.460. The lowest BCUT2D eigenvalue weighted by Gasteiger charge is -1.89. The Balaban J connectivity index is 3.17. The standard InChI is InChI=1S/C6H12O/c1-3-4-6(2)5-7/h5,7H,3-4H2,1-2H3/b6-5-. The van der Waals surface area contributed by atoms with Crippen LogP contribution in [0.25, 0.3) is 0 Å². The minimum absolute atomic E-state index is 1.01. The number of aliphatic hydroxyl groups is 1. The third-order valence-corrected chi connectivity index (χ3v) is 0.865. The van der Waals surface area contributed by atoms with Gasteiger partial charge in [-0.1, -0.05) is 13.3 Å². The molecule has 0 aliphatic heterocycles. The van der Waals surface area contributed by atoms with Gasteiger partial charge in [-0.2, -0.15) is 0 Å². The van der Waals surface area contributed by atoms with Crippen LogP contribution in [0.15, 0.2) is 11.8 Å². The topological polar surface area (TPSA) is 20.2 Å². The molecule has 0 aromatic rings. The molecule has 0 saturated heterocycles. The van der Waals surface area contributed by atoms with E-state index in [0.717, 1.165) is 18.4 Å². The van der Waals surface area contributed by atoms with Crippen molar-refractivity contribution in [2.75, 3.05) is 0 Å². The van der Waals surface area contributed by atoms with Crippen LogP contribution in [0.3, 0.4) is 0 Å². The molecule has 0 fully saturated rings. The molecule has 0 saturated carbocycles. The summed E-state index contributed by atoms with van der Waals surface area (Å²) in [6, 6.07) is 0. The lowest BCUT2D eigenvalue weighted by molar-refractivity contribution is 0.464. The predicted octanol–water partition coefficient (Wildman–Crippen LogP) is 2.25. The summed E-state index contributed by atoms with van der Waals surface area (Å²) in [6.07, 6.45) is 3.29. The number of hydrogen-bond donors (Lipinski definition) is 1. The van der Waals surface area contributed by atoms with Crippen LogP contribution in [0.2, 0.25) is 0 Å². The smallest absolute Gasteiger partial charge is 0.0780 e. The van der Waals surface area contributed by atoms with Gasteiger partial charge < -0.3 is 5.11 Å². The molecule has 1 heteroatoms. The Labute approximate surface area is 44.7 Å². The maximum Gasteiger partial charge on any atom is 0.0780 e. The molecule has 0 aliphatic rings. The molecule has 0 atom stereocenters. The Kier molecular flexibility index (Phi) is 3.48. The monoisotopic (exact) mass is 100 g/mol. The van der Waals surface area contributed by atoms with Crippen LogP contribution in [0.4, 0.5) is 0 Å². The van der Waals surface area contributed by atoms with Crippen molar-refractivity contribution in [3.63, 3.8) is 0 Å². The highest BCUT2D eigenvalue weighted by atomic mass is 16.2. The highest BCUT2D eigenvalue weighted by molar-refractivity contribution is 4.90. The SMILES string of the molecule is CCC/C(C)=C\O. The number of hydrogen-bond acceptors (Lipinski definition) is 1. The molecule has 0 aromatic heterocycles. The van der Waals surface area contributed by atoms with Gasteiger partial charge in [0.15, 0.2) is 0 Å². The fourth-order valence-electron chi connectivity index (χ4n) is 0.459. The second kappa shape index (κ2) is 3.72. The average molecular weight is 100 g/mol. The van der Waals surface area contributed by atoms with Crippen LogP contribution in [0, 0.1) is 0 Å². The average Bonchev–Trinajstić information content (AvgIpc) is 1.68. The van der Waals surface area contributed by atoms with E-state index >= 15 is 0 Å². The van der Waals surface area contributed by atoms with E-state index in [9.17, 15) is 0 Å². The van der Waals surface area contributed by atoms with Crippen LogP contribution >= 0.6 is 0 Å². The van der Waals surface area contributed by atoms with Gasteiger partial charge in [0.2, 0.25) is 0 Å². The van der Waals surface area contributed by atoms with Gasteiger partial charge in [-0.3, -0.25) is 0 Å². The summed E-state index contributed by atoms with van der Waals surface area (Å²) in [5, 5.41) is 8.30. The molecule has 0 spiro atoms. The van der Waals surface area contributed by atoms with Crippen LogP contribution in [-0.2, 0) is 0 Å². The summed E-state index contributed by atoms with van der Waals surface area (Å²) in [4.78, 5) is 0. The van der Waals surface area contributed by atoms with E-state index in [1.54, 1.807) is 0 Å². The molecule has 1 N–H and O–H groups in total. The van der Waals surface area contributed by atoms with Gasteiger partial charge in [0.05, 0.1) is 6.26 Å². The molecule has 7 heavy (non-hydrogen) atoms. The summed E-state index contributed by atoms with van der Waals surface area (Å²) in [7, 11) is 0. The normalized spacial score (nSPS) is 12.0. The molecular weight excluding hydrogens is 88.1 g/mol. The zero-order valence-electron chi connectivity index (χ0n) is 4.94. The molecule has 42 valence electrons. The second-order valence-electron chi connectivity index (χ2n) is 1.73. The van der Waals surface area contributed by atoms with E-state index in [4.69, 9.17) is 5.11 Å². The summed E-state index contributed by atoms with van der Waals surface area (Å²) in [5.74, 6) is 0. The van der Waals surface area contributed by atoms with E-state index in [1.165, 1.54) is 6.26 Å². The number of allylic oxidation sites excluding steroid dienone is 1. The van der Waals surface area contributed by atoms with Crippen molar-refractivity contribution in [1.82, 2.24) is 0 Å². The molecule has 0 amide bonds. The lowest BCUT2D eigenvalue weighted by atomic mass is 10.2. The minimum atomic E-state index is 1.01. The molecular formula is C6H12O. The zero-order valence-corrected chi connectivity index (χ0v) is 4.94. The number of aliphatic hydroxyl groups excluding tert-OH is 1. The minimum Gasteiger partial charge on any atom is -0.516 e. The Morgan fingerprint density at radius 1 is 1.71 bits per heavy atom. The highest BCUT2D eigenvalue weighted by Gasteiger charge is 1.81. The fraction of sp³-hybridized carbons (Fsp3) is 0.667. The van der Waals surface area contributed by atoms with Gasteiger partial charge in [-0.05, 0) is 18.9 Å². The van der Waals surface area contributed by atoms with Crippen molar-refractivity contribution in [1.29, 1.82) is 0 Å². The summed E-state index contributed by atoms with van der Waals surface area (Å²) in [6.45, 7) is 4.01. The summed E-state index contributed by atoms with van der Waals surface area (Å²) >= 11 is 0. The third-order valence-electron chi connectivity index (χ3n) is 0.865. The van der Waals surface area contributed by atoms with Crippen molar-refractivity contribution in [2.45, 2.75) is 26.7 Å². The van der Waals surface area contributed by atoms with Crippen LogP contribution in [-0.4, -0.2) is 5.11 Å². The van der Waals surface area contributed by atoms with Crippen molar-refractivity contribution >= 4 is 0 Å². The third kappa shape index (κ3) is 3.37. The van der Waals surface area contributed by atoms with Crippen molar-refractivity contribution in [3.8, 4) is 0 Å². The molecule has 0 radical (unpaired) electrons. The van der Waals surface area contributed by atoms with Crippen molar-refractivity contribution in [2.24, 2.45) is 0 Å². The van der Waals surface area contributed by atoms with Crippen molar-refractivity contribution < 1.29 is 5.11 Å². The first-order valence-corrected chi connectivity index (χ1v) is 2.61. The Morgan fingerprint density at radius 3 is 2.43 bits per heavy atom. The Bertz CT molecular complexity index is 64.6. The summed E-state index contributed by atoms with van der Waals surface area (Å²) in [5.41, 5.74) is 1.06. The molecule has 0 rings (SSSR count). The van der Waals surface area contributed by atoms with Crippen LogP contribution in [0.5, 0.6) is 0 Å². The summed E-state index contributed by atoms with van der Waals surface area (Å²) < 4.78 is 0. The van der Waals surface area contributed by atoms with Gasteiger partial charge in [0.1, 0.15) is 0 Å². The Morgan fingerprint density at radius 2 is 2.29 bits per heavy atom. The molecule has 0 unspecified atom stereocenters. The van der Waals surface area contributed by atoms with Gasteiger partial charge >= 0.3 is 0 Å². The first-order valence-electron chi connectivity index (χ1n) is 2.61. The van der Waals surface area contributed by atoms with Gasteiger partial charge in [-0.15, -0.1) is 0 Å². The van der Waals surface area contributed by atoms with E-state index < -0.39 is 0 Å². The quantitative estimate of drug-likeness (QED) is 0.527. The maximum absolute atomic E-state index is 8.30. The van der Waals surface area contributed by atoms with Gasteiger partial charge in [-0.25, -0.2) is 0 Å². The number of rotatable bonds is 2. The van der Waals surface area contributed by atoms with Crippen LogP contribution in [0.1, 0.15) is 26.7 Å². The maximum atomic E-state index is 8.30. The zero-order chi connectivity index (χ0) is 5.70. The van der Waals surface area contributed by atoms with E-state index in [1.807, 2.05) is 6.92 Å². The first-order chi connectivity index (χ1) is 3.31. The molecule has 0 bridgehead atoms.